The molecule has 2 aliphatic heterocycles. The molecule has 2 rings (SSSR count). The van der Waals surface area contributed by atoms with Crippen LogP contribution < -0.4 is 5.32 Å². The maximum Gasteiger partial charge on any atom is 0.147 e. The minimum absolute atomic E-state index is 0.332. The third kappa shape index (κ3) is 4.35. The normalized spacial score (nSPS) is 28.1. The fourth-order valence-electron chi connectivity index (χ4n) is 1.99. The van der Waals surface area contributed by atoms with Gasteiger partial charge in [0, 0.05) is 32.7 Å². The van der Waals surface area contributed by atoms with Crippen LogP contribution in [0.2, 0.25) is 0 Å². The Labute approximate surface area is 97.0 Å². The van der Waals surface area contributed by atoms with Crippen molar-refractivity contribution < 1.29 is 14.2 Å². The molecule has 16 heavy (non-hydrogen) atoms. The molecule has 0 aromatic carbocycles. The zero-order valence-electron chi connectivity index (χ0n) is 9.82. The maximum absolute atomic E-state index is 5.45. The SMILES string of the molecule is C(CN1CCOCC1)NCC1CCOCO1. The molecule has 0 bridgehead atoms. The van der Waals surface area contributed by atoms with Gasteiger partial charge < -0.3 is 19.5 Å². The monoisotopic (exact) mass is 230 g/mol. The highest BCUT2D eigenvalue weighted by molar-refractivity contribution is 4.66. The molecule has 2 aliphatic rings. The topological polar surface area (TPSA) is 43.0 Å². The summed E-state index contributed by atoms with van der Waals surface area (Å²) >= 11 is 0. The van der Waals surface area contributed by atoms with Gasteiger partial charge in [-0.15, -0.1) is 0 Å². The second-order valence-corrected chi connectivity index (χ2v) is 4.26. The van der Waals surface area contributed by atoms with E-state index in [1.165, 1.54) is 0 Å². The van der Waals surface area contributed by atoms with Crippen LogP contribution in [-0.4, -0.2) is 70.3 Å². The van der Waals surface area contributed by atoms with Gasteiger partial charge in [-0.2, -0.15) is 0 Å². The highest BCUT2D eigenvalue weighted by Gasteiger charge is 2.14. The van der Waals surface area contributed by atoms with Crippen molar-refractivity contribution in [3.63, 3.8) is 0 Å². The minimum Gasteiger partial charge on any atom is -0.379 e. The van der Waals surface area contributed by atoms with Crippen molar-refractivity contribution in [1.82, 2.24) is 10.2 Å². The van der Waals surface area contributed by atoms with Crippen LogP contribution in [0.4, 0.5) is 0 Å². The van der Waals surface area contributed by atoms with E-state index in [-0.39, 0.29) is 0 Å². The number of hydrogen-bond donors (Lipinski definition) is 1. The van der Waals surface area contributed by atoms with Crippen LogP contribution in [0.5, 0.6) is 0 Å². The quantitative estimate of drug-likeness (QED) is 0.655. The third-order valence-electron chi connectivity index (χ3n) is 3.05. The van der Waals surface area contributed by atoms with Crippen LogP contribution in [0.15, 0.2) is 0 Å². The predicted molar refractivity (Wildman–Crippen MR) is 60.4 cm³/mol. The van der Waals surface area contributed by atoms with Gasteiger partial charge in [0.2, 0.25) is 0 Å². The summed E-state index contributed by atoms with van der Waals surface area (Å²) in [5.41, 5.74) is 0. The Bertz CT molecular complexity index is 160. The first kappa shape index (κ1) is 12.3. The Morgan fingerprint density at radius 3 is 2.75 bits per heavy atom. The molecule has 94 valence electrons. The number of morpholine rings is 1. The van der Waals surface area contributed by atoms with Gasteiger partial charge in [0.15, 0.2) is 0 Å². The molecule has 0 aromatic heterocycles. The number of nitrogens with zero attached hydrogens (tertiary/aromatic N) is 1. The van der Waals surface area contributed by atoms with Gasteiger partial charge in [0.25, 0.3) is 0 Å². The van der Waals surface area contributed by atoms with Crippen molar-refractivity contribution in [2.24, 2.45) is 0 Å². The summed E-state index contributed by atoms with van der Waals surface area (Å²) < 4.78 is 15.9. The van der Waals surface area contributed by atoms with E-state index < -0.39 is 0 Å². The minimum atomic E-state index is 0.332. The average molecular weight is 230 g/mol. The number of ether oxygens (including phenoxy) is 3. The Morgan fingerprint density at radius 1 is 1.12 bits per heavy atom. The van der Waals surface area contributed by atoms with Gasteiger partial charge in [-0.05, 0) is 6.42 Å². The molecule has 0 radical (unpaired) electrons. The highest BCUT2D eigenvalue weighted by Crippen LogP contribution is 2.04. The lowest BCUT2D eigenvalue weighted by molar-refractivity contribution is -0.137. The van der Waals surface area contributed by atoms with E-state index in [1.54, 1.807) is 0 Å². The fourth-order valence-corrected chi connectivity index (χ4v) is 1.99. The largest absolute Gasteiger partial charge is 0.379 e. The molecule has 0 spiro atoms. The van der Waals surface area contributed by atoms with Gasteiger partial charge >= 0.3 is 0 Å². The molecule has 2 fully saturated rings. The Balaban J connectivity index is 1.47. The summed E-state index contributed by atoms with van der Waals surface area (Å²) in [5, 5.41) is 3.44. The zero-order chi connectivity index (χ0) is 11.1. The van der Waals surface area contributed by atoms with Crippen LogP contribution in [0.3, 0.4) is 0 Å². The van der Waals surface area contributed by atoms with E-state index in [0.29, 0.717) is 12.9 Å². The molecule has 1 N–H and O–H groups in total. The second kappa shape index (κ2) is 7.19. The summed E-state index contributed by atoms with van der Waals surface area (Å²) in [6, 6.07) is 0. The van der Waals surface area contributed by atoms with E-state index in [4.69, 9.17) is 14.2 Å². The Kier molecular flexibility index (Phi) is 5.51. The molecular weight excluding hydrogens is 208 g/mol. The first-order chi connectivity index (χ1) is 7.95. The summed E-state index contributed by atoms with van der Waals surface area (Å²) in [6.45, 7) is 8.24. The predicted octanol–water partition coefficient (Wildman–Crippen LogP) is -0.329. The summed E-state index contributed by atoms with van der Waals surface area (Å²) in [4.78, 5) is 2.43. The molecule has 5 heteroatoms. The van der Waals surface area contributed by atoms with Crippen molar-refractivity contribution in [1.29, 1.82) is 0 Å². The van der Waals surface area contributed by atoms with Gasteiger partial charge in [0.05, 0.1) is 25.9 Å². The van der Waals surface area contributed by atoms with Crippen molar-refractivity contribution in [2.45, 2.75) is 12.5 Å². The van der Waals surface area contributed by atoms with Crippen LogP contribution in [-0.2, 0) is 14.2 Å². The van der Waals surface area contributed by atoms with Crippen LogP contribution in [0.1, 0.15) is 6.42 Å². The van der Waals surface area contributed by atoms with E-state index in [2.05, 4.69) is 10.2 Å². The van der Waals surface area contributed by atoms with Crippen molar-refractivity contribution in [2.75, 3.05) is 59.3 Å². The summed E-state index contributed by atoms with van der Waals surface area (Å²) in [7, 11) is 0. The summed E-state index contributed by atoms with van der Waals surface area (Å²) in [6.07, 6.45) is 1.34. The Morgan fingerprint density at radius 2 is 2.00 bits per heavy atom. The Hall–Kier alpha value is -0.200. The molecule has 0 saturated carbocycles. The molecule has 5 nitrogen and oxygen atoms in total. The molecule has 2 saturated heterocycles. The number of nitrogens with one attached hydrogen (secondary N) is 1. The summed E-state index contributed by atoms with van der Waals surface area (Å²) in [5.74, 6) is 0. The molecule has 2 heterocycles. The zero-order valence-corrected chi connectivity index (χ0v) is 9.82. The standard InChI is InChI=1S/C11H22N2O3/c1-6-15-10-16-11(1)9-12-2-3-13-4-7-14-8-5-13/h11-12H,1-10H2. The van der Waals surface area contributed by atoms with Crippen LogP contribution in [0, 0.1) is 0 Å². The van der Waals surface area contributed by atoms with Crippen LogP contribution in [0.25, 0.3) is 0 Å². The average Bonchev–Trinajstić information content (AvgIpc) is 2.37. The van der Waals surface area contributed by atoms with E-state index >= 15 is 0 Å². The molecule has 0 amide bonds. The maximum atomic E-state index is 5.45. The second-order valence-electron chi connectivity index (χ2n) is 4.26. The van der Waals surface area contributed by atoms with Crippen LogP contribution >= 0.6 is 0 Å². The van der Waals surface area contributed by atoms with E-state index in [1.807, 2.05) is 0 Å². The molecule has 1 unspecified atom stereocenters. The fraction of sp³-hybridized carbons (Fsp3) is 1.00. The number of rotatable bonds is 5. The molecule has 0 aliphatic carbocycles. The highest BCUT2D eigenvalue weighted by atomic mass is 16.7. The molecule has 1 atom stereocenters. The van der Waals surface area contributed by atoms with E-state index in [0.717, 1.165) is 59.0 Å². The third-order valence-corrected chi connectivity index (χ3v) is 3.05. The number of hydrogen-bond acceptors (Lipinski definition) is 5. The lowest BCUT2D eigenvalue weighted by Gasteiger charge is -2.27. The van der Waals surface area contributed by atoms with E-state index in [9.17, 15) is 0 Å². The van der Waals surface area contributed by atoms with Crippen molar-refractivity contribution in [3.05, 3.63) is 0 Å². The molecular formula is C11H22N2O3. The van der Waals surface area contributed by atoms with Gasteiger partial charge in [-0.1, -0.05) is 0 Å². The van der Waals surface area contributed by atoms with Gasteiger partial charge in [-0.3, -0.25) is 4.90 Å². The molecule has 0 aromatic rings. The first-order valence-electron chi connectivity index (χ1n) is 6.15. The lowest BCUT2D eigenvalue weighted by atomic mass is 10.2. The van der Waals surface area contributed by atoms with Gasteiger partial charge in [0.1, 0.15) is 6.79 Å². The smallest absolute Gasteiger partial charge is 0.147 e. The lowest BCUT2D eigenvalue weighted by Crippen LogP contribution is -2.42. The first-order valence-corrected chi connectivity index (χ1v) is 6.15. The van der Waals surface area contributed by atoms with Gasteiger partial charge in [-0.25, -0.2) is 0 Å². The van der Waals surface area contributed by atoms with Crippen molar-refractivity contribution >= 4 is 0 Å². The van der Waals surface area contributed by atoms with Crippen molar-refractivity contribution in [3.8, 4) is 0 Å².